The normalized spacial score (nSPS) is 21.8. The van der Waals surface area contributed by atoms with Crippen LogP contribution in [0.5, 0.6) is 0 Å². The van der Waals surface area contributed by atoms with Gasteiger partial charge in [-0.2, -0.15) is 0 Å². The monoisotopic (exact) mass is 272 g/mol. The summed E-state index contributed by atoms with van der Waals surface area (Å²) >= 11 is 0. The lowest BCUT2D eigenvalue weighted by Gasteiger charge is -2.29. The summed E-state index contributed by atoms with van der Waals surface area (Å²) in [6.07, 6.45) is 0. The van der Waals surface area contributed by atoms with Gasteiger partial charge in [0.05, 0.1) is 28.3 Å². The molecule has 17 heavy (non-hydrogen) atoms. The second-order valence-corrected chi connectivity index (χ2v) is 17.0. The fourth-order valence-electron chi connectivity index (χ4n) is 2.21. The molecule has 1 atom stereocenters. The summed E-state index contributed by atoms with van der Waals surface area (Å²) in [5.74, 6) is 0.425. The van der Waals surface area contributed by atoms with E-state index in [1.165, 1.54) is 5.20 Å². The van der Waals surface area contributed by atoms with Crippen LogP contribution in [0.4, 0.5) is 0 Å². The van der Waals surface area contributed by atoms with Gasteiger partial charge in [0.2, 0.25) is 0 Å². The van der Waals surface area contributed by atoms with Crippen LogP contribution in [0.25, 0.3) is 0 Å². The second-order valence-electron chi connectivity index (χ2n) is 6.60. The molecule has 0 radical (unpaired) electrons. The summed E-state index contributed by atoms with van der Waals surface area (Å²) in [4.78, 5) is 12.1. The summed E-state index contributed by atoms with van der Waals surface area (Å²) in [5.41, 5.74) is -0.0179. The molecular formula is C12H24O3Si2. The lowest BCUT2D eigenvalue weighted by Crippen LogP contribution is -2.39. The quantitative estimate of drug-likeness (QED) is 0.581. The minimum atomic E-state index is -1.61. The molecule has 0 amide bonds. The first-order chi connectivity index (χ1) is 7.59. The van der Waals surface area contributed by atoms with Gasteiger partial charge in [0.1, 0.15) is 0 Å². The fourth-order valence-corrected chi connectivity index (χ4v) is 8.27. The Kier molecular flexibility index (Phi) is 3.93. The lowest BCUT2D eigenvalue weighted by atomic mass is 10.4. The molecule has 5 heteroatoms. The number of cyclic esters (lactones) is 1. The van der Waals surface area contributed by atoms with Crippen molar-refractivity contribution in [1.29, 1.82) is 0 Å². The highest BCUT2D eigenvalue weighted by Crippen LogP contribution is 2.43. The molecule has 0 aliphatic carbocycles. The Labute approximate surface area is 106 Å². The van der Waals surface area contributed by atoms with Crippen molar-refractivity contribution >= 4 is 22.1 Å². The molecule has 1 aliphatic rings. The van der Waals surface area contributed by atoms with Crippen LogP contribution in [0.1, 0.15) is 6.92 Å². The number of ether oxygens (including phenoxy) is 2. The highest BCUT2D eigenvalue weighted by molar-refractivity contribution is 6.90. The standard InChI is InChI=1S/C12H24O3Si2/c1-8-14-12-10(17(5,6)7)9(11(13)15-12)16(2,3)4/h9H,8H2,1-7H3. The van der Waals surface area contributed by atoms with E-state index in [1.807, 2.05) is 6.92 Å². The Hall–Kier alpha value is -0.556. The summed E-state index contributed by atoms with van der Waals surface area (Å²) in [6.45, 7) is 15.9. The summed E-state index contributed by atoms with van der Waals surface area (Å²) in [6, 6.07) is 0. The zero-order chi connectivity index (χ0) is 13.4. The van der Waals surface area contributed by atoms with Crippen molar-refractivity contribution in [2.24, 2.45) is 0 Å². The van der Waals surface area contributed by atoms with Crippen LogP contribution in [0.3, 0.4) is 0 Å². The number of esters is 1. The third kappa shape index (κ3) is 3.01. The molecule has 0 aromatic carbocycles. The van der Waals surface area contributed by atoms with Gasteiger partial charge in [-0.3, -0.25) is 4.79 Å². The van der Waals surface area contributed by atoms with Crippen molar-refractivity contribution in [3.63, 3.8) is 0 Å². The van der Waals surface area contributed by atoms with E-state index in [-0.39, 0.29) is 11.5 Å². The summed E-state index contributed by atoms with van der Waals surface area (Å²) in [7, 11) is -3.20. The van der Waals surface area contributed by atoms with Crippen LogP contribution in [0, 0.1) is 0 Å². The molecule has 0 saturated heterocycles. The molecule has 0 aromatic rings. The number of hydrogen-bond donors (Lipinski definition) is 0. The van der Waals surface area contributed by atoms with Gasteiger partial charge in [0, 0.05) is 5.20 Å². The third-order valence-corrected chi connectivity index (χ3v) is 7.54. The van der Waals surface area contributed by atoms with Crippen LogP contribution >= 0.6 is 0 Å². The molecule has 1 rings (SSSR count). The Morgan fingerprint density at radius 2 is 1.71 bits per heavy atom. The second kappa shape index (κ2) is 4.61. The Morgan fingerprint density at radius 1 is 1.18 bits per heavy atom. The molecule has 0 N–H and O–H groups in total. The topological polar surface area (TPSA) is 35.5 Å². The molecule has 1 unspecified atom stereocenters. The number of rotatable bonds is 4. The van der Waals surface area contributed by atoms with E-state index in [0.717, 1.165) is 0 Å². The van der Waals surface area contributed by atoms with Crippen molar-refractivity contribution < 1.29 is 14.3 Å². The lowest BCUT2D eigenvalue weighted by molar-refractivity contribution is -0.140. The van der Waals surface area contributed by atoms with Crippen LogP contribution in [-0.4, -0.2) is 28.7 Å². The third-order valence-electron chi connectivity index (χ3n) is 2.89. The highest BCUT2D eigenvalue weighted by atomic mass is 28.3. The van der Waals surface area contributed by atoms with Gasteiger partial charge in [-0.25, -0.2) is 0 Å². The van der Waals surface area contributed by atoms with Gasteiger partial charge in [0.25, 0.3) is 5.95 Å². The average Bonchev–Trinajstić information content (AvgIpc) is 2.41. The zero-order valence-electron chi connectivity index (χ0n) is 12.0. The van der Waals surface area contributed by atoms with Crippen LogP contribution in [-0.2, 0) is 14.3 Å². The number of carbonyl (C=O) groups is 1. The molecule has 1 aliphatic heterocycles. The van der Waals surface area contributed by atoms with E-state index in [4.69, 9.17) is 9.47 Å². The molecule has 0 saturated carbocycles. The van der Waals surface area contributed by atoms with E-state index in [1.54, 1.807) is 0 Å². The molecule has 1 heterocycles. The van der Waals surface area contributed by atoms with E-state index in [0.29, 0.717) is 12.6 Å². The largest absolute Gasteiger partial charge is 0.466 e. The minimum absolute atomic E-state index is 0.0179. The van der Waals surface area contributed by atoms with Crippen molar-refractivity contribution in [2.75, 3.05) is 6.61 Å². The van der Waals surface area contributed by atoms with Gasteiger partial charge in [-0.1, -0.05) is 39.3 Å². The van der Waals surface area contributed by atoms with Crippen molar-refractivity contribution in [3.8, 4) is 0 Å². The van der Waals surface area contributed by atoms with Gasteiger partial charge < -0.3 is 9.47 Å². The molecule has 0 aromatic heterocycles. The average molecular weight is 272 g/mol. The maximum absolute atomic E-state index is 12.1. The van der Waals surface area contributed by atoms with Crippen LogP contribution < -0.4 is 0 Å². The maximum Gasteiger partial charge on any atom is 0.317 e. The maximum atomic E-state index is 12.1. The Morgan fingerprint density at radius 3 is 2.06 bits per heavy atom. The number of carbonyl (C=O) groups excluding carboxylic acids is 1. The highest BCUT2D eigenvalue weighted by Gasteiger charge is 2.49. The smallest absolute Gasteiger partial charge is 0.317 e. The molecular weight excluding hydrogens is 248 g/mol. The Balaban J connectivity index is 3.25. The molecule has 0 bridgehead atoms. The molecule has 0 spiro atoms. The SMILES string of the molecule is CCOC1=C([Si](C)(C)C)C([Si](C)(C)C)C(=O)O1. The minimum Gasteiger partial charge on any atom is -0.466 e. The van der Waals surface area contributed by atoms with Crippen LogP contribution in [0.15, 0.2) is 11.1 Å². The van der Waals surface area contributed by atoms with E-state index in [9.17, 15) is 4.79 Å². The zero-order valence-corrected chi connectivity index (χ0v) is 14.0. The summed E-state index contributed by atoms with van der Waals surface area (Å²) in [5, 5.41) is 1.18. The van der Waals surface area contributed by atoms with Crippen molar-refractivity contribution in [3.05, 3.63) is 11.1 Å². The molecule has 0 fully saturated rings. The van der Waals surface area contributed by atoms with E-state index in [2.05, 4.69) is 39.3 Å². The predicted molar refractivity (Wildman–Crippen MR) is 75.2 cm³/mol. The predicted octanol–water partition coefficient (Wildman–Crippen LogP) is 3.38. The van der Waals surface area contributed by atoms with Crippen molar-refractivity contribution in [2.45, 2.75) is 51.7 Å². The fraction of sp³-hybridized carbons (Fsp3) is 0.750. The molecule has 3 nitrogen and oxygen atoms in total. The van der Waals surface area contributed by atoms with Gasteiger partial charge in [-0.15, -0.1) is 0 Å². The Bertz CT molecular complexity index is 348. The van der Waals surface area contributed by atoms with E-state index >= 15 is 0 Å². The van der Waals surface area contributed by atoms with Gasteiger partial charge >= 0.3 is 5.97 Å². The first-order valence-corrected chi connectivity index (χ1v) is 13.3. The van der Waals surface area contributed by atoms with Gasteiger partial charge in [0.15, 0.2) is 0 Å². The first kappa shape index (κ1) is 14.5. The molecule has 98 valence electrons. The van der Waals surface area contributed by atoms with E-state index < -0.39 is 16.1 Å². The van der Waals surface area contributed by atoms with Crippen molar-refractivity contribution in [1.82, 2.24) is 0 Å². The van der Waals surface area contributed by atoms with Crippen LogP contribution in [0.2, 0.25) is 44.8 Å². The van der Waals surface area contributed by atoms with Gasteiger partial charge in [-0.05, 0) is 6.92 Å². The first-order valence-electron chi connectivity index (χ1n) is 6.18. The number of hydrogen-bond acceptors (Lipinski definition) is 3. The summed E-state index contributed by atoms with van der Waals surface area (Å²) < 4.78 is 10.9.